The maximum atomic E-state index is 12.3. The maximum absolute atomic E-state index is 12.3. The average molecular weight is 453 g/mol. The predicted octanol–water partition coefficient (Wildman–Crippen LogP) is 5.43. The van der Waals surface area contributed by atoms with Crippen molar-refractivity contribution < 1.29 is 9.21 Å². The van der Waals surface area contributed by atoms with Crippen LogP contribution >= 0.6 is 23.4 Å². The van der Waals surface area contributed by atoms with Gasteiger partial charge in [0.25, 0.3) is 5.91 Å². The number of hydrogen-bond donors (Lipinski definition) is 1. The van der Waals surface area contributed by atoms with Crippen molar-refractivity contribution in [2.75, 3.05) is 0 Å². The summed E-state index contributed by atoms with van der Waals surface area (Å²) in [5.74, 6) is 2.07. The zero-order valence-corrected chi connectivity index (χ0v) is 18.5. The highest BCUT2D eigenvalue weighted by Gasteiger charge is 2.15. The van der Waals surface area contributed by atoms with Crippen LogP contribution in [0.4, 0.5) is 0 Å². The lowest BCUT2D eigenvalue weighted by molar-refractivity contribution is 0.0948. The summed E-state index contributed by atoms with van der Waals surface area (Å²) in [4.78, 5) is 12.3. The summed E-state index contributed by atoms with van der Waals surface area (Å²) < 4.78 is 7.29. The second-order valence-corrected chi connectivity index (χ2v) is 8.13. The van der Waals surface area contributed by atoms with Gasteiger partial charge in [0.1, 0.15) is 5.76 Å². The van der Waals surface area contributed by atoms with Crippen molar-refractivity contribution in [3.63, 3.8) is 0 Å². The molecule has 0 unspecified atom stereocenters. The number of benzene rings is 2. The van der Waals surface area contributed by atoms with E-state index in [4.69, 9.17) is 16.0 Å². The third-order valence-electron chi connectivity index (χ3n) is 4.74. The molecule has 4 rings (SSSR count). The van der Waals surface area contributed by atoms with Gasteiger partial charge in [-0.15, -0.1) is 10.2 Å². The summed E-state index contributed by atoms with van der Waals surface area (Å²) in [5, 5.41) is 13.0. The van der Waals surface area contributed by atoms with Gasteiger partial charge in [0.05, 0.1) is 17.8 Å². The number of carbonyl (C=O) groups is 1. The fraction of sp³-hybridized carbons (Fsp3) is 0.174. The zero-order chi connectivity index (χ0) is 21.6. The number of aromatic nitrogens is 3. The van der Waals surface area contributed by atoms with Gasteiger partial charge in [0.2, 0.25) is 0 Å². The molecule has 2 heterocycles. The Balaban J connectivity index is 1.39. The highest BCUT2D eigenvalue weighted by molar-refractivity contribution is 7.98. The minimum absolute atomic E-state index is 0.134. The molecular weight excluding hydrogens is 432 g/mol. The molecule has 158 valence electrons. The van der Waals surface area contributed by atoms with Gasteiger partial charge in [0, 0.05) is 23.4 Å². The first-order chi connectivity index (χ1) is 15.2. The van der Waals surface area contributed by atoms with Gasteiger partial charge >= 0.3 is 0 Å². The van der Waals surface area contributed by atoms with Crippen LogP contribution in [0.25, 0.3) is 11.4 Å². The van der Waals surface area contributed by atoms with Crippen LogP contribution in [0.5, 0.6) is 0 Å². The molecule has 1 amide bonds. The minimum Gasteiger partial charge on any atom is -0.467 e. The monoisotopic (exact) mass is 452 g/mol. The van der Waals surface area contributed by atoms with Gasteiger partial charge in [-0.1, -0.05) is 47.6 Å². The number of carbonyl (C=O) groups excluding carboxylic acids is 1. The molecule has 2 aromatic heterocycles. The molecule has 0 aliphatic heterocycles. The van der Waals surface area contributed by atoms with Crippen LogP contribution in [0.15, 0.2) is 76.5 Å². The number of furan rings is 1. The number of nitrogens with one attached hydrogen (secondary N) is 1. The first-order valence-electron chi connectivity index (χ1n) is 9.86. The number of nitrogens with zero attached hydrogens (tertiary/aromatic N) is 3. The van der Waals surface area contributed by atoms with Crippen LogP contribution in [-0.4, -0.2) is 20.7 Å². The number of rotatable bonds is 8. The van der Waals surface area contributed by atoms with E-state index in [2.05, 4.69) is 27.0 Å². The fourth-order valence-electron chi connectivity index (χ4n) is 3.11. The molecule has 0 aliphatic carbocycles. The standard InChI is InChI=1S/C23H21ClN4O2S/c1-2-28-21(19-7-3-4-8-20(19)24)26-27-23(28)31-15-16-9-11-17(12-10-16)22(29)25-14-18-6-5-13-30-18/h3-13H,2,14-15H2,1H3,(H,25,29). The van der Waals surface area contributed by atoms with Gasteiger partial charge < -0.3 is 14.3 Å². The molecule has 0 saturated heterocycles. The van der Waals surface area contributed by atoms with E-state index in [1.165, 1.54) is 0 Å². The molecule has 31 heavy (non-hydrogen) atoms. The molecule has 1 N–H and O–H groups in total. The number of halogens is 1. The van der Waals surface area contributed by atoms with Gasteiger partial charge in [0.15, 0.2) is 11.0 Å². The molecule has 0 spiro atoms. The molecule has 0 radical (unpaired) electrons. The average Bonchev–Trinajstić information content (AvgIpc) is 3.46. The smallest absolute Gasteiger partial charge is 0.251 e. The van der Waals surface area contributed by atoms with Crippen LogP contribution in [0.1, 0.15) is 28.6 Å². The summed E-state index contributed by atoms with van der Waals surface area (Å²) in [6.45, 7) is 3.17. The van der Waals surface area contributed by atoms with Crippen molar-refractivity contribution in [3.05, 3.63) is 88.8 Å². The van der Waals surface area contributed by atoms with Gasteiger partial charge in [-0.2, -0.15) is 0 Å². The summed E-state index contributed by atoms with van der Waals surface area (Å²) in [6, 6.07) is 18.8. The highest BCUT2D eigenvalue weighted by atomic mass is 35.5. The quantitative estimate of drug-likeness (QED) is 0.361. The first-order valence-corrected chi connectivity index (χ1v) is 11.2. The number of amides is 1. The molecule has 4 aromatic rings. The van der Waals surface area contributed by atoms with Crippen LogP contribution in [0.2, 0.25) is 5.02 Å². The lowest BCUT2D eigenvalue weighted by Gasteiger charge is -2.09. The topological polar surface area (TPSA) is 73.0 Å². The van der Waals surface area contributed by atoms with Crippen LogP contribution < -0.4 is 5.32 Å². The normalized spacial score (nSPS) is 10.9. The molecule has 0 bridgehead atoms. The van der Waals surface area contributed by atoms with Crippen molar-refractivity contribution in [2.24, 2.45) is 0 Å². The lowest BCUT2D eigenvalue weighted by Crippen LogP contribution is -2.22. The van der Waals surface area contributed by atoms with E-state index in [1.807, 2.05) is 54.6 Å². The second-order valence-electron chi connectivity index (χ2n) is 6.78. The van der Waals surface area contributed by atoms with Crippen LogP contribution in [0.3, 0.4) is 0 Å². The maximum Gasteiger partial charge on any atom is 0.251 e. The third kappa shape index (κ3) is 5.00. The molecule has 2 aromatic carbocycles. The molecule has 0 fully saturated rings. The van der Waals surface area contributed by atoms with E-state index in [1.54, 1.807) is 24.1 Å². The third-order valence-corrected chi connectivity index (χ3v) is 6.10. The Labute approximate surface area is 189 Å². The second kappa shape index (κ2) is 9.85. The zero-order valence-electron chi connectivity index (χ0n) is 16.9. The summed E-state index contributed by atoms with van der Waals surface area (Å²) >= 11 is 7.94. The molecule has 6 nitrogen and oxygen atoms in total. The van der Waals surface area contributed by atoms with Crippen molar-refractivity contribution in [1.29, 1.82) is 0 Å². The Morgan fingerprint density at radius 1 is 1.10 bits per heavy atom. The predicted molar refractivity (Wildman–Crippen MR) is 122 cm³/mol. The summed E-state index contributed by atoms with van der Waals surface area (Å²) in [5.41, 5.74) is 2.57. The van der Waals surface area contributed by atoms with E-state index < -0.39 is 0 Å². The van der Waals surface area contributed by atoms with Crippen LogP contribution in [-0.2, 0) is 18.8 Å². The van der Waals surface area contributed by atoms with Gasteiger partial charge in [-0.25, -0.2) is 0 Å². The first kappa shape index (κ1) is 21.2. The lowest BCUT2D eigenvalue weighted by atomic mass is 10.1. The SMILES string of the molecule is CCn1c(SCc2ccc(C(=O)NCc3ccco3)cc2)nnc1-c1ccccc1Cl. The molecule has 0 atom stereocenters. The Bertz CT molecular complexity index is 1160. The van der Waals surface area contributed by atoms with Gasteiger partial charge in [-0.05, 0) is 48.9 Å². The summed E-state index contributed by atoms with van der Waals surface area (Å²) in [6.07, 6.45) is 1.59. The van der Waals surface area contributed by atoms with Crippen LogP contribution in [0, 0.1) is 0 Å². The Morgan fingerprint density at radius 2 is 1.90 bits per heavy atom. The van der Waals surface area contributed by atoms with E-state index in [0.29, 0.717) is 17.1 Å². The fourth-order valence-corrected chi connectivity index (χ4v) is 4.28. The Hall–Kier alpha value is -3.03. The van der Waals surface area contributed by atoms with Crippen molar-refractivity contribution in [3.8, 4) is 11.4 Å². The minimum atomic E-state index is -0.134. The van der Waals surface area contributed by atoms with Crippen molar-refractivity contribution >= 4 is 29.3 Å². The van der Waals surface area contributed by atoms with E-state index in [9.17, 15) is 4.79 Å². The number of hydrogen-bond acceptors (Lipinski definition) is 5. The highest BCUT2D eigenvalue weighted by Crippen LogP contribution is 2.30. The molecular formula is C23H21ClN4O2S. The Kier molecular flexibility index (Phi) is 6.74. The molecule has 0 aliphatic rings. The van der Waals surface area contributed by atoms with E-state index in [0.717, 1.165) is 40.2 Å². The number of thioether (sulfide) groups is 1. The van der Waals surface area contributed by atoms with Crippen molar-refractivity contribution in [1.82, 2.24) is 20.1 Å². The Morgan fingerprint density at radius 3 is 2.61 bits per heavy atom. The molecule has 8 heteroatoms. The van der Waals surface area contributed by atoms with Gasteiger partial charge in [-0.3, -0.25) is 4.79 Å². The van der Waals surface area contributed by atoms with E-state index >= 15 is 0 Å². The summed E-state index contributed by atoms with van der Waals surface area (Å²) in [7, 11) is 0. The molecule has 0 saturated carbocycles. The van der Waals surface area contributed by atoms with Crippen molar-refractivity contribution in [2.45, 2.75) is 30.9 Å². The largest absolute Gasteiger partial charge is 0.467 e. The van der Waals surface area contributed by atoms with E-state index in [-0.39, 0.29) is 5.91 Å².